The van der Waals surface area contributed by atoms with Crippen molar-refractivity contribution in [1.29, 1.82) is 0 Å². The third kappa shape index (κ3) is 3.05. The summed E-state index contributed by atoms with van der Waals surface area (Å²) in [5.41, 5.74) is 5.12. The Kier molecular flexibility index (Phi) is 4.30. The van der Waals surface area contributed by atoms with Crippen LogP contribution >= 0.6 is 11.3 Å². The van der Waals surface area contributed by atoms with Gasteiger partial charge < -0.3 is 0 Å². The zero-order valence-electron chi connectivity index (χ0n) is 21.1. The van der Waals surface area contributed by atoms with Gasteiger partial charge in [0.25, 0.3) is 0 Å². The molecule has 0 spiro atoms. The van der Waals surface area contributed by atoms with Crippen LogP contribution in [0, 0.1) is 0 Å². The van der Waals surface area contributed by atoms with E-state index < -0.39 is 0 Å². The lowest BCUT2D eigenvalue weighted by atomic mass is 9.90. The molecule has 0 nitrogen and oxygen atoms in total. The average Bonchev–Trinajstić information content (AvgIpc) is 3.39. The van der Waals surface area contributed by atoms with E-state index in [4.69, 9.17) is 0 Å². The summed E-state index contributed by atoms with van der Waals surface area (Å²) in [7, 11) is 0. The molecule has 0 saturated carbocycles. The summed E-state index contributed by atoms with van der Waals surface area (Å²) in [6.07, 6.45) is 0. The van der Waals surface area contributed by atoms with E-state index in [0.29, 0.717) is 0 Å². The van der Waals surface area contributed by atoms with Crippen LogP contribution in [-0.2, 0) is 0 Å². The van der Waals surface area contributed by atoms with E-state index in [2.05, 4.69) is 133 Å². The highest BCUT2D eigenvalue weighted by Crippen LogP contribution is 2.45. The Balaban J connectivity index is 1.29. The van der Waals surface area contributed by atoms with Gasteiger partial charge in [-0.05, 0) is 102 Å². The van der Waals surface area contributed by atoms with Crippen LogP contribution in [0.1, 0.15) is 0 Å². The molecule has 0 atom stereocenters. The predicted molar refractivity (Wildman–Crippen MR) is 171 cm³/mol. The molecule has 0 aliphatic carbocycles. The van der Waals surface area contributed by atoms with E-state index in [-0.39, 0.29) is 0 Å². The van der Waals surface area contributed by atoms with Crippen molar-refractivity contribution in [2.24, 2.45) is 0 Å². The molecule has 0 aliphatic rings. The maximum atomic E-state index is 2.39. The van der Waals surface area contributed by atoms with Crippen LogP contribution in [0.25, 0.3) is 85.5 Å². The molecule has 0 N–H and O–H groups in total. The molecule has 1 heterocycles. The van der Waals surface area contributed by atoms with Crippen molar-refractivity contribution >= 4 is 74.6 Å². The van der Waals surface area contributed by atoms with Gasteiger partial charge in [-0.15, -0.1) is 11.3 Å². The van der Waals surface area contributed by atoms with E-state index in [0.717, 1.165) is 0 Å². The second-order valence-corrected chi connectivity index (χ2v) is 11.6. The molecule has 9 rings (SSSR count). The standard InChI is InChI=1S/C38H22S/c1-2-9-29-24(7-1)21-33(31-11-4-3-10-30(29)31)25-17-15-23-16-18-26(20-28(23)19-25)34-22-27-8-5-13-35-37(27)38-32(34)12-6-14-36(38)39-35/h1-22H. The van der Waals surface area contributed by atoms with Crippen molar-refractivity contribution in [2.45, 2.75) is 0 Å². The molecule has 9 aromatic rings. The van der Waals surface area contributed by atoms with Crippen LogP contribution in [-0.4, -0.2) is 0 Å². The lowest BCUT2D eigenvalue weighted by Crippen LogP contribution is -1.86. The summed E-state index contributed by atoms with van der Waals surface area (Å²) >= 11 is 1.90. The van der Waals surface area contributed by atoms with Crippen molar-refractivity contribution in [3.8, 4) is 22.3 Å². The van der Waals surface area contributed by atoms with Crippen molar-refractivity contribution in [3.63, 3.8) is 0 Å². The molecule has 0 saturated heterocycles. The number of hydrogen-bond donors (Lipinski definition) is 0. The van der Waals surface area contributed by atoms with E-state index >= 15 is 0 Å². The van der Waals surface area contributed by atoms with Crippen LogP contribution in [0.3, 0.4) is 0 Å². The first-order chi connectivity index (χ1) is 19.3. The normalized spacial score (nSPS) is 12.1. The topological polar surface area (TPSA) is 0 Å². The fourth-order valence-electron chi connectivity index (χ4n) is 6.58. The molecule has 1 aromatic heterocycles. The molecule has 0 unspecified atom stereocenters. The van der Waals surface area contributed by atoms with E-state index in [1.807, 2.05) is 11.3 Å². The smallest absolute Gasteiger partial charge is 0.0361 e. The molecular weight excluding hydrogens is 488 g/mol. The Morgan fingerprint density at radius 3 is 1.74 bits per heavy atom. The van der Waals surface area contributed by atoms with Gasteiger partial charge in [0.1, 0.15) is 0 Å². The number of hydrogen-bond acceptors (Lipinski definition) is 1. The van der Waals surface area contributed by atoms with Gasteiger partial charge in [0.2, 0.25) is 0 Å². The summed E-state index contributed by atoms with van der Waals surface area (Å²) in [5.74, 6) is 0. The molecule has 0 amide bonds. The van der Waals surface area contributed by atoms with Crippen LogP contribution < -0.4 is 0 Å². The van der Waals surface area contributed by atoms with Gasteiger partial charge in [0.05, 0.1) is 0 Å². The average molecular weight is 511 g/mol. The van der Waals surface area contributed by atoms with E-state index in [1.165, 1.54) is 85.5 Å². The Labute approximate surface area is 229 Å². The zero-order chi connectivity index (χ0) is 25.5. The molecule has 180 valence electrons. The minimum atomic E-state index is 1.26. The monoisotopic (exact) mass is 510 g/mol. The summed E-state index contributed by atoms with van der Waals surface area (Å²) < 4.78 is 2.74. The summed E-state index contributed by atoms with van der Waals surface area (Å²) in [5, 5.41) is 13.2. The number of thiophene rings is 1. The quantitative estimate of drug-likeness (QED) is 0.203. The molecule has 0 radical (unpaired) electrons. The minimum Gasteiger partial charge on any atom is -0.135 e. The summed E-state index contributed by atoms with van der Waals surface area (Å²) in [4.78, 5) is 0. The maximum absolute atomic E-state index is 2.39. The second kappa shape index (κ2) is 7.89. The molecular formula is C38H22S. The van der Waals surface area contributed by atoms with Gasteiger partial charge in [-0.25, -0.2) is 0 Å². The highest BCUT2D eigenvalue weighted by Gasteiger charge is 2.15. The van der Waals surface area contributed by atoms with Crippen LogP contribution in [0.5, 0.6) is 0 Å². The summed E-state index contributed by atoms with van der Waals surface area (Å²) in [6.45, 7) is 0. The maximum Gasteiger partial charge on any atom is 0.0361 e. The number of fused-ring (bicyclic) bond motifs is 4. The fraction of sp³-hybridized carbons (Fsp3) is 0. The van der Waals surface area contributed by atoms with Gasteiger partial charge >= 0.3 is 0 Å². The third-order valence-electron chi connectivity index (χ3n) is 8.37. The predicted octanol–water partition coefficient (Wildman–Crippen LogP) is 11.4. The molecule has 39 heavy (non-hydrogen) atoms. The Morgan fingerprint density at radius 2 is 0.923 bits per heavy atom. The molecule has 0 fully saturated rings. The third-order valence-corrected chi connectivity index (χ3v) is 9.50. The minimum absolute atomic E-state index is 1.26. The zero-order valence-corrected chi connectivity index (χ0v) is 21.9. The van der Waals surface area contributed by atoms with Gasteiger partial charge in [0.15, 0.2) is 0 Å². The lowest BCUT2D eigenvalue weighted by molar-refractivity contribution is 1.68. The first-order valence-corrected chi connectivity index (χ1v) is 14.2. The molecule has 8 aromatic carbocycles. The van der Waals surface area contributed by atoms with Gasteiger partial charge in [-0.1, -0.05) is 97.1 Å². The summed E-state index contributed by atoms with van der Waals surface area (Å²) in [6, 6.07) is 49.6. The van der Waals surface area contributed by atoms with Crippen molar-refractivity contribution in [3.05, 3.63) is 133 Å². The van der Waals surface area contributed by atoms with E-state index in [1.54, 1.807) is 0 Å². The Bertz CT molecular complexity index is 2390. The fourth-order valence-corrected chi connectivity index (χ4v) is 7.75. The van der Waals surface area contributed by atoms with E-state index in [9.17, 15) is 0 Å². The molecule has 1 heteroatoms. The highest BCUT2D eigenvalue weighted by molar-refractivity contribution is 7.26. The van der Waals surface area contributed by atoms with Crippen molar-refractivity contribution < 1.29 is 0 Å². The SMILES string of the molecule is c1ccc2c(c1)cc(-c1ccc3ccc(-c4cc5cccc6sc7cccc4c7c56)cc3c1)c1ccccc12. The van der Waals surface area contributed by atoms with Gasteiger partial charge in [-0.2, -0.15) is 0 Å². The Morgan fingerprint density at radius 1 is 0.333 bits per heavy atom. The largest absolute Gasteiger partial charge is 0.135 e. The van der Waals surface area contributed by atoms with Crippen LogP contribution in [0.15, 0.2) is 133 Å². The lowest BCUT2D eigenvalue weighted by Gasteiger charge is -2.13. The molecule has 0 bridgehead atoms. The number of rotatable bonds is 2. The van der Waals surface area contributed by atoms with Crippen molar-refractivity contribution in [1.82, 2.24) is 0 Å². The first-order valence-electron chi connectivity index (χ1n) is 13.4. The van der Waals surface area contributed by atoms with Crippen molar-refractivity contribution in [2.75, 3.05) is 0 Å². The van der Waals surface area contributed by atoms with Gasteiger partial charge in [0, 0.05) is 20.2 Å². The van der Waals surface area contributed by atoms with Crippen LogP contribution in [0.4, 0.5) is 0 Å². The first kappa shape index (κ1) is 21.2. The van der Waals surface area contributed by atoms with Gasteiger partial charge in [-0.3, -0.25) is 0 Å². The Hall–Kier alpha value is -4.72. The molecule has 0 aliphatic heterocycles. The van der Waals surface area contributed by atoms with Crippen LogP contribution in [0.2, 0.25) is 0 Å². The number of benzene rings is 8. The highest BCUT2D eigenvalue weighted by atomic mass is 32.1. The second-order valence-electron chi connectivity index (χ2n) is 10.5.